The first kappa shape index (κ1) is 33.9. The average Bonchev–Trinajstić information content (AvgIpc) is 3.68. The summed E-state index contributed by atoms with van der Waals surface area (Å²) in [6.07, 6.45) is 8.49. The summed E-state index contributed by atoms with van der Waals surface area (Å²) in [6.45, 7) is 19.6. The van der Waals surface area contributed by atoms with Crippen molar-refractivity contribution in [1.29, 1.82) is 0 Å². The van der Waals surface area contributed by atoms with Crippen LogP contribution in [0.2, 0.25) is 0 Å². The fraction of sp³-hybridized carbons (Fsp3) is 0.444. The van der Waals surface area contributed by atoms with E-state index in [1.54, 1.807) is 21.3 Å². The van der Waals surface area contributed by atoms with Crippen LogP contribution in [-0.2, 0) is 25.4 Å². The molecule has 0 saturated carbocycles. The van der Waals surface area contributed by atoms with Crippen molar-refractivity contribution in [3.8, 4) is 11.6 Å². The Hall–Kier alpha value is -4.48. The number of para-hydroxylation sites is 1. The second kappa shape index (κ2) is 14.1. The molecule has 1 unspecified atom stereocenters. The normalized spacial score (nSPS) is 15.4. The van der Waals surface area contributed by atoms with Crippen LogP contribution in [0.5, 0.6) is 5.75 Å². The highest BCUT2D eigenvalue weighted by molar-refractivity contribution is 5.80. The van der Waals surface area contributed by atoms with E-state index >= 15 is 0 Å². The van der Waals surface area contributed by atoms with Gasteiger partial charge in [-0.2, -0.15) is 9.61 Å². The van der Waals surface area contributed by atoms with Crippen molar-refractivity contribution in [3.63, 3.8) is 0 Å². The summed E-state index contributed by atoms with van der Waals surface area (Å²) in [5, 5.41) is 9.66. The predicted molar refractivity (Wildman–Crippen MR) is 181 cm³/mol. The zero-order valence-electron chi connectivity index (χ0n) is 28.4. The Bertz CT molecular complexity index is 1730. The molecule has 0 amide bonds. The minimum absolute atomic E-state index is 0.286. The lowest BCUT2D eigenvalue weighted by Gasteiger charge is -2.41. The molecule has 5 rings (SSSR count). The van der Waals surface area contributed by atoms with Crippen LogP contribution in [0.1, 0.15) is 69.0 Å². The minimum atomic E-state index is -1.01. The van der Waals surface area contributed by atoms with Crippen LogP contribution in [-0.4, -0.2) is 75.0 Å². The summed E-state index contributed by atoms with van der Waals surface area (Å²) < 4.78 is 27.2. The smallest absolute Gasteiger partial charge is 0.339 e. The molecule has 11 heteroatoms. The molecule has 0 radical (unpaired) electrons. The number of ether oxygens (including phenoxy) is 4. The number of hydrogen-bond donors (Lipinski definition) is 0. The van der Waals surface area contributed by atoms with Gasteiger partial charge in [-0.05, 0) is 64.7 Å². The number of rotatable bonds is 13. The first-order chi connectivity index (χ1) is 22.4. The van der Waals surface area contributed by atoms with E-state index in [9.17, 15) is 4.79 Å². The molecule has 47 heavy (non-hydrogen) atoms. The third kappa shape index (κ3) is 7.74. The molecule has 0 bridgehead atoms. The van der Waals surface area contributed by atoms with Crippen molar-refractivity contribution in [2.24, 2.45) is 0 Å². The fourth-order valence-electron chi connectivity index (χ4n) is 5.84. The SMILES string of the molecule is C=CCOc1ccccc1Cc1cnn(-c2cc3nc(C)c(C(OC(C)(C)C)C(=O)OC)c(N4CCC(C)(OCC=C)CC4)n3n2)c1. The predicted octanol–water partition coefficient (Wildman–Crippen LogP) is 5.97. The summed E-state index contributed by atoms with van der Waals surface area (Å²) >= 11 is 0. The van der Waals surface area contributed by atoms with Crippen LogP contribution in [0.25, 0.3) is 11.5 Å². The zero-order chi connectivity index (χ0) is 33.8. The molecule has 4 aromatic rings. The standard InChI is InChI=1S/C36H46N6O5/c1-9-19-45-28-14-12-11-13-27(28)21-26-23-37-41(24-26)30-22-29-38-25(3)31(32(34(43)44-8)47-35(4,5)6)33(42(29)39-30)40-17-15-36(7,16-18-40)46-20-10-2/h9-14,22-24,32H,1-2,15-21H2,3-8H3. The Labute approximate surface area is 276 Å². The zero-order valence-corrected chi connectivity index (χ0v) is 28.4. The van der Waals surface area contributed by atoms with Crippen LogP contribution >= 0.6 is 0 Å². The molecular weight excluding hydrogens is 596 g/mol. The maximum Gasteiger partial charge on any atom is 0.339 e. The van der Waals surface area contributed by atoms with Crippen LogP contribution in [0.4, 0.5) is 5.82 Å². The molecule has 1 aromatic carbocycles. The summed E-state index contributed by atoms with van der Waals surface area (Å²) in [4.78, 5) is 20.5. The molecule has 1 atom stereocenters. The molecule has 1 fully saturated rings. The van der Waals surface area contributed by atoms with Gasteiger partial charge in [-0.1, -0.05) is 36.9 Å². The van der Waals surface area contributed by atoms with E-state index in [4.69, 9.17) is 29.0 Å². The van der Waals surface area contributed by atoms with Crippen LogP contribution in [0.3, 0.4) is 0 Å². The topological polar surface area (TPSA) is 105 Å². The first-order valence-electron chi connectivity index (χ1n) is 16.0. The van der Waals surface area contributed by atoms with Crippen molar-refractivity contribution >= 4 is 17.4 Å². The van der Waals surface area contributed by atoms with E-state index in [0.29, 0.717) is 55.4 Å². The number of hydrogen-bond acceptors (Lipinski definition) is 9. The lowest BCUT2D eigenvalue weighted by molar-refractivity contribution is -0.164. The number of benzene rings is 1. The van der Waals surface area contributed by atoms with Crippen molar-refractivity contribution in [1.82, 2.24) is 24.4 Å². The first-order valence-corrected chi connectivity index (χ1v) is 16.0. The Balaban J connectivity index is 1.56. The van der Waals surface area contributed by atoms with E-state index in [1.807, 2.05) is 70.4 Å². The van der Waals surface area contributed by atoms with E-state index in [0.717, 1.165) is 35.5 Å². The third-order valence-corrected chi connectivity index (χ3v) is 8.21. The quantitative estimate of drug-likeness (QED) is 0.129. The number of aryl methyl sites for hydroxylation is 1. The van der Waals surface area contributed by atoms with E-state index in [2.05, 4.69) is 30.1 Å². The van der Waals surface area contributed by atoms with Gasteiger partial charge in [-0.3, -0.25) is 0 Å². The lowest BCUT2D eigenvalue weighted by Crippen LogP contribution is -2.45. The summed E-state index contributed by atoms with van der Waals surface area (Å²) in [5.41, 5.74) is 3.05. The van der Waals surface area contributed by atoms with Gasteiger partial charge >= 0.3 is 5.97 Å². The van der Waals surface area contributed by atoms with Gasteiger partial charge in [0.1, 0.15) is 18.2 Å². The molecule has 0 aliphatic carbocycles. The van der Waals surface area contributed by atoms with Crippen molar-refractivity contribution in [3.05, 3.63) is 90.4 Å². The molecule has 0 N–H and O–H groups in total. The summed E-state index contributed by atoms with van der Waals surface area (Å²) in [5.74, 6) is 1.66. The fourth-order valence-corrected chi connectivity index (χ4v) is 5.84. The molecular formula is C36H46N6O5. The largest absolute Gasteiger partial charge is 0.489 e. The maximum atomic E-state index is 13.3. The number of fused-ring (bicyclic) bond motifs is 1. The average molecular weight is 643 g/mol. The highest BCUT2D eigenvalue weighted by Crippen LogP contribution is 2.38. The van der Waals surface area contributed by atoms with Gasteiger partial charge in [0, 0.05) is 37.5 Å². The lowest BCUT2D eigenvalue weighted by atomic mass is 9.92. The number of carbonyl (C=O) groups excluding carboxylic acids is 1. The van der Waals surface area contributed by atoms with Gasteiger partial charge in [-0.15, -0.1) is 11.7 Å². The Morgan fingerprint density at radius 2 is 1.85 bits per heavy atom. The number of anilines is 1. The molecule has 1 saturated heterocycles. The Kier molecular flexibility index (Phi) is 10.2. The van der Waals surface area contributed by atoms with E-state index < -0.39 is 17.7 Å². The van der Waals surface area contributed by atoms with Crippen molar-refractivity contribution in [2.75, 3.05) is 38.3 Å². The van der Waals surface area contributed by atoms with Gasteiger partial charge < -0.3 is 23.8 Å². The molecule has 1 aliphatic heterocycles. The minimum Gasteiger partial charge on any atom is -0.489 e. The van der Waals surface area contributed by atoms with E-state index in [1.165, 1.54) is 7.11 Å². The van der Waals surface area contributed by atoms with Crippen molar-refractivity contribution in [2.45, 2.75) is 71.2 Å². The third-order valence-electron chi connectivity index (χ3n) is 8.21. The molecule has 4 heterocycles. The van der Waals surface area contributed by atoms with Crippen LogP contribution < -0.4 is 9.64 Å². The van der Waals surface area contributed by atoms with Gasteiger partial charge in [-0.25, -0.2) is 14.5 Å². The highest BCUT2D eigenvalue weighted by atomic mass is 16.6. The second-order valence-corrected chi connectivity index (χ2v) is 13.1. The molecule has 1 aliphatic rings. The number of methoxy groups -OCH3 is 1. The Morgan fingerprint density at radius 3 is 2.53 bits per heavy atom. The molecule has 11 nitrogen and oxygen atoms in total. The van der Waals surface area contributed by atoms with E-state index in [-0.39, 0.29) is 5.60 Å². The molecule has 3 aromatic heterocycles. The van der Waals surface area contributed by atoms with Crippen molar-refractivity contribution < 1.29 is 23.7 Å². The highest BCUT2D eigenvalue weighted by Gasteiger charge is 2.38. The van der Waals surface area contributed by atoms with Gasteiger partial charge in [0.15, 0.2) is 17.6 Å². The number of esters is 1. The second-order valence-electron chi connectivity index (χ2n) is 13.1. The van der Waals surface area contributed by atoms with Gasteiger partial charge in [0.2, 0.25) is 0 Å². The van der Waals surface area contributed by atoms with Crippen LogP contribution in [0.15, 0.2) is 68.0 Å². The number of carbonyl (C=O) groups is 1. The molecule has 0 spiro atoms. The summed E-state index contributed by atoms with van der Waals surface area (Å²) in [6, 6.07) is 9.85. The van der Waals surface area contributed by atoms with Crippen LogP contribution in [0, 0.1) is 6.92 Å². The maximum absolute atomic E-state index is 13.3. The van der Waals surface area contributed by atoms with Gasteiger partial charge in [0.25, 0.3) is 0 Å². The number of aromatic nitrogens is 5. The number of nitrogens with zero attached hydrogens (tertiary/aromatic N) is 6. The van der Waals surface area contributed by atoms with Gasteiger partial charge in [0.05, 0.1) is 36.7 Å². The summed E-state index contributed by atoms with van der Waals surface area (Å²) in [7, 11) is 1.37. The Morgan fingerprint density at radius 1 is 1.13 bits per heavy atom. The molecule has 250 valence electrons. The number of piperidine rings is 1. The monoisotopic (exact) mass is 642 g/mol.